The van der Waals surface area contributed by atoms with E-state index in [1.165, 1.54) is 6.20 Å². The Morgan fingerprint density at radius 2 is 2.38 bits per heavy atom. The molecule has 5 heteroatoms. The summed E-state index contributed by atoms with van der Waals surface area (Å²) in [7, 11) is 0. The van der Waals surface area contributed by atoms with E-state index in [-0.39, 0.29) is 17.4 Å². The zero-order valence-corrected chi connectivity index (χ0v) is 8.90. The summed E-state index contributed by atoms with van der Waals surface area (Å²) in [6.07, 6.45) is 3.57. The predicted octanol–water partition coefficient (Wildman–Crippen LogP) is 2.13. The third kappa shape index (κ3) is 2.13. The van der Waals surface area contributed by atoms with Crippen LogP contribution in [-0.2, 0) is 0 Å². The smallest absolute Gasteiger partial charge is 0.338 e. The first-order chi connectivity index (χ1) is 7.59. The molecule has 2 N–H and O–H groups in total. The van der Waals surface area contributed by atoms with E-state index in [0.29, 0.717) is 5.92 Å². The quantitative estimate of drug-likeness (QED) is 0.822. The number of nitrogens with zero attached hydrogens (tertiary/aromatic N) is 1. The summed E-state index contributed by atoms with van der Waals surface area (Å²) >= 11 is 0. The van der Waals surface area contributed by atoms with Gasteiger partial charge in [-0.25, -0.2) is 14.2 Å². The molecule has 1 aliphatic carbocycles. The van der Waals surface area contributed by atoms with E-state index in [2.05, 4.69) is 10.3 Å². The van der Waals surface area contributed by atoms with Crippen LogP contribution >= 0.6 is 0 Å². The minimum absolute atomic E-state index is 0.0271. The molecule has 4 nitrogen and oxygen atoms in total. The molecule has 2 rings (SSSR count). The van der Waals surface area contributed by atoms with Crippen molar-refractivity contribution in [2.75, 3.05) is 5.32 Å². The lowest BCUT2D eigenvalue weighted by Gasteiger charge is -2.14. The van der Waals surface area contributed by atoms with Crippen LogP contribution in [0.5, 0.6) is 0 Å². The lowest BCUT2D eigenvalue weighted by Crippen LogP contribution is -2.20. The van der Waals surface area contributed by atoms with E-state index >= 15 is 0 Å². The summed E-state index contributed by atoms with van der Waals surface area (Å²) in [5.41, 5.74) is -0.347. The number of carbonyl (C=O) groups is 1. The molecule has 0 radical (unpaired) electrons. The number of halogens is 1. The second kappa shape index (κ2) is 4.08. The summed E-state index contributed by atoms with van der Waals surface area (Å²) < 4.78 is 13.7. The molecule has 0 amide bonds. The topological polar surface area (TPSA) is 62.2 Å². The largest absolute Gasteiger partial charge is 0.478 e. The number of hydrogen-bond donors (Lipinski definition) is 2. The number of pyridine rings is 1. The number of carboxylic acids is 1. The van der Waals surface area contributed by atoms with Gasteiger partial charge in [0.1, 0.15) is 5.56 Å². The van der Waals surface area contributed by atoms with Crippen LogP contribution in [0.3, 0.4) is 0 Å². The highest BCUT2D eigenvalue weighted by molar-refractivity contribution is 5.88. The van der Waals surface area contributed by atoms with Gasteiger partial charge in [0.2, 0.25) is 0 Å². The Morgan fingerprint density at radius 3 is 2.94 bits per heavy atom. The van der Waals surface area contributed by atoms with Gasteiger partial charge in [-0.3, -0.25) is 0 Å². The van der Waals surface area contributed by atoms with Gasteiger partial charge in [-0.15, -0.1) is 0 Å². The summed E-state index contributed by atoms with van der Waals surface area (Å²) in [4.78, 5) is 14.5. The molecule has 0 saturated heterocycles. The first-order valence-corrected chi connectivity index (χ1v) is 5.24. The Kier molecular flexibility index (Phi) is 2.77. The van der Waals surface area contributed by atoms with Gasteiger partial charge >= 0.3 is 5.97 Å². The van der Waals surface area contributed by atoms with Crippen molar-refractivity contribution in [3.8, 4) is 0 Å². The molecule has 1 unspecified atom stereocenters. The SMILES string of the molecule is CC(Nc1nccc(C(=O)O)c1F)C1CC1. The van der Waals surface area contributed by atoms with Crippen molar-refractivity contribution in [1.29, 1.82) is 0 Å². The molecule has 0 aliphatic heterocycles. The molecule has 1 fully saturated rings. The number of anilines is 1. The fourth-order valence-electron chi connectivity index (χ4n) is 1.64. The molecule has 1 aliphatic rings. The van der Waals surface area contributed by atoms with Crippen LogP contribution in [-0.4, -0.2) is 22.1 Å². The minimum Gasteiger partial charge on any atom is -0.478 e. The van der Waals surface area contributed by atoms with E-state index in [1.807, 2.05) is 6.92 Å². The van der Waals surface area contributed by atoms with Crippen LogP contribution in [0.4, 0.5) is 10.2 Å². The average molecular weight is 224 g/mol. The Hall–Kier alpha value is -1.65. The molecule has 1 atom stereocenters. The van der Waals surface area contributed by atoms with Gasteiger partial charge in [-0.1, -0.05) is 0 Å². The molecule has 0 spiro atoms. The number of aromatic nitrogens is 1. The molecule has 86 valence electrons. The van der Waals surface area contributed by atoms with Crippen LogP contribution in [0.15, 0.2) is 12.3 Å². The molecule has 1 heterocycles. The normalized spacial score (nSPS) is 16.9. The van der Waals surface area contributed by atoms with Crippen molar-refractivity contribution >= 4 is 11.8 Å². The van der Waals surface area contributed by atoms with Crippen LogP contribution in [0.1, 0.15) is 30.1 Å². The number of aromatic carboxylic acids is 1. The number of hydrogen-bond acceptors (Lipinski definition) is 3. The third-order valence-corrected chi connectivity index (χ3v) is 2.81. The van der Waals surface area contributed by atoms with Gasteiger partial charge in [-0.05, 0) is 31.7 Å². The zero-order chi connectivity index (χ0) is 11.7. The molecule has 16 heavy (non-hydrogen) atoms. The molecule has 1 saturated carbocycles. The van der Waals surface area contributed by atoms with Crippen molar-refractivity contribution in [3.63, 3.8) is 0 Å². The second-order valence-electron chi connectivity index (χ2n) is 4.10. The van der Waals surface area contributed by atoms with Gasteiger partial charge in [0, 0.05) is 12.2 Å². The molecule has 0 bridgehead atoms. The van der Waals surface area contributed by atoms with E-state index < -0.39 is 11.8 Å². The van der Waals surface area contributed by atoms with Crippen LogP contribution in [0, 0.1) is 11.7 Å². The standard InChI is InChI=1S/C11H13FN2O2/c1-6(7-2-3-7)14-10-9(12)8(11(15)16)4-5-13-10/h4-7H,2-3H2,1H3,(H,13,14)(H,15,16). The molecule has 0 aromatic carbocycles. The van der Waals surface area contributed by atoms with E-state index in [4.69, 9.17) is 5.11 Å². The average Bonchev–Trinajstić information content (AvgIpc) is 3.03. The van der Waals surface area contributed by atoms with Gasteiger partial charge in [0.15, 0.2) is 11.6 Å². The van der Waals surface area contributed by atoms with Gasteiger partial charge in [0.05, 0.1) is 0 Å². The van der Waals surface area contributed by atoms with Gasteiger partial charge in [0.25, 0.3) is 0 Å². The van der Waals surface area contributed by atoms with Crippen molar-refractivity contribution in [2.24, 2.45) is 5.92 Å². The van der Waals surface area contributed by atoms with Crippen molar-refractivity contribution in [1.82, 2.24) is 4.98 Å². The van der Waals surface area contributed by atoms with Crippen LogP contribution in [0.2, 0.25) is 0 Å². The van der Waals surface area contributed by atoms with E-state index in [0.717, 1.165) is 18.9 Å². The van der Waals surface area contributed by atoms with Gasteiger partial charge < -0.3 is 10.4 Å². The van der Waals surface area contributed by atoms with Crippen molar-refractivity contribution < 1.29 is 14.3 Å². The van der Waals surface area contributed by atoms with Crippen molar-refractivity contribution in [3.05, 3.63) is 23.6 Å². The lowest BCUT2D eigenvalue weighted by molar-refractivity contribution is 0.0692. The van der Waals surface area contributed by atoms with Crippen molar-refractivity contribution in [2.45, 2.75) is 25.8 Å². The number of carboxylic acid groups (broad SMARTS) is 1. The Bertz CT molecular complexity index is 418. The summed E-state index contributed by atoms with van der Waals surface area (Å²) in [5.74, 6) is -1.49. The fourth-order valence-corrected chi connectivity index (χ4v) is 1.64. The highest BCUT2D eigenvalue weighted by Crippen LogP contribution is 2.34. The number of nitrogens with one attached hydrogen (secondary N) is 1. The molecule has 1 aromatic heterocycles. The highest BCUT2D eigenvalue weighted by Gasteiger charge is 2.29. The fraction of sp³-hybridized carbons (Fsp3) is 0.455. The minimum atomic E-state index is -1.28. The van der Waals surface area contributed by atoms with Crippen LogP contribution < -0.4 is 5.32 Å². The summed E-state index contributed by atoms with van der Waals surface area (Å²) in [6.45, 7) is 1.95. The Morgan fingerprint density at radius 1 is 1.69 bits per heavy atom. The third-order valence-electron chi connectivity index (χ3n) is 2.81. The first kappa shape index (κ1) is 10.9. The highest BCUT2D eigenvalue weighted by atomic mass is 19.1. The molecular formula is C11H13FN2O2. The lowest BCUT2D eigenvalue weighted by atomic mass is 10.2. The second-order valence-corrected chi connectivity index (χ2v) is 4.10. The molecule has 1 aromatic rings. The Labute approximate surface area is 92.5 Å². The Balaban J connectivity index is 2.19. The monoisotopic (exact) mass is 224 g/mol. The number of rotatable bonds is 4. The molecular weight excluding hydrogens is 211 g/mol. The van der Waals surface area contributed by atoms with Crippen LogP contribution in [0.25, 0.3) is 0 Å². The van der Waals surface area contributed by atoms with E-state index in [9.17, 15) is 9.18 Å². The van der Waals surface area contributed by atoms with E-state index in [1.54, 1.807) is 0 Å². The predicted molar refractivity (Wildman–Crippen MR) is 57.0 cm³/mol. The first-order valence-electron chi connectivity index (χ1n) is 5.24. The summed E-state index contributed by atoms with van der Waals surface area (Å²) in [6, 6.07) is 1.29. The summed E-state index contributed by atoms with van der Waals surface area (Å²) in [5, 5.41) is 11.7. The van der Waals surface area contributed by atoms with Gasteiger partial charge in [-0.2, -0.15) is 0 Å². The maximum Gasteiger partial charge on any atom is 0.338 e. The zero-order valence-electron chi connectivity index (χ0n) is 8.90. The maximum absolute atomic E-state index is 13.7. The maximum atomic E-state index is 13.7.